The molecule has 0 saturated heterocycles. The molecule has 76 valence electrons. The van der Waals surface area contributed by atoms with Crippen LogP contribution in [-0.2, 0) is 0 Å². The average molecular weight is 201 g/mol. The Morgan fingerprint density at radius 2 is 1.73 bits per heavy atom. The first-order valence-electron chi connectivity index (χ1n) is 4.81. The number of aldehydes is 1. The molecule has 15 heavy (non-hydrogen) atoms. The van der Waals surface area contributed by atoms with Crippen LogP contribution >= 0.6 is 0 Å². The highest BCUT2D eigenvalue weighted by molar-refractivity contribution is 5.95. The van der Waals surface area contributed by atoms with Crippen molar-refractivity contribution in [3.05, 3.63) is 47.5 Å². The molecule has 0 bridgehead atoms. The number of benzene rings is 1. The van der Waals surface area contributed by atoms with Crippen molar-refractivity contribution in [3.8, 4) is 0 Å². The lowest BCUT2D eigenvalue weighted by Crippen LogP contribution is -2.28. The van der Waals surface area contributed by atoms with Crippen LogP contribution in [0.15, 0.2) is 36.4 Å². The Balaban J connectivity index is 2.14. The SMILES string of the molecule is O=Cc1ccc(C(=O)N2CC=CC2)cc1. The fraction of sp³-hybridized carbons (Fsp3) is 0.167. The highest BCUT2D eigenvalue weighted by Crippen LogP contribution is 2.09. The topological polar surface area (TPSA) is 37.4 Å². The van der Waals surface area contributed by atoms with E-state index in [1.807, 2.05) is 12.2 Å². The molecule has 0 aromatic heterocycles. The van der Waals surface area contributed by atoms with Gasteiger partial charge in [-0.2, -0.15) is 0 Å². The van der Waals surface area contributed by atoms with Gasteiger partial charge in [0, 0.05) is 24.2 Å². The minimum Gasteiger partial charge on any atom is -0.331 e. The lowest BCUT2D eigenvalue weighted by Gasteiger charge is -2.14. The predicted octanol–water partition coefficient (Wildman–Crippen LogP) is 1.51. The molecule has 2 rings (SSSR count). The summed E-state index contributed by atoms with van der Waals surface area (Å²) in [6.45, 7) is 1.35. The highest BCUT2D eigenvalue weighted by Gasteiger charge is 2.15. The smallest absolute Gasteiger partial charge is 0.254 e. The molecule has 0 spiro atoms. The number of nitrogens with zero attached hydrogens (tertiary/aromatic N) is 1. The highest BCUT2D eigenvalue weighted by atomic mass is 16.2. The van der Waals surface area contributed by atoms with Crippen LogP contribution in [-0.4, -0.2) is 30.2 Å². The maximum Gasteiger partial charge on any atom is 0.254 e. The van der Waals surface area contributed by atoms with Gasteiger partial charge in [-0.3, -0.25) is 9.59 Å². The van der Waals surface area contributed by atoms with Crippen molar-refractivity contribution < 1.29 is 9.59 Å². The average Bonchev–Trinajstić information content (AvgIpc) is 2.82. The molecule has 0 saturated carbocycles. The maximum atomic E-state index is 11.8. The molecule has 1 aromatic carbocycles. The van der Waals surface area contributed by atoms with Crippen LogP contribution in [0, 0.1) is 0 Å². The van der Waals surface area contributed by atoms with Crippen LogP contribution in [0.2, 0.25) is 0 Å². The summed E-state index contributed by atoms with van der Waals surface area (Å²) in [6.07, 6.45) is 4.71. The fourth-order valence-corrected chi connectivity index (χ4v) is 1.53. The molecule has 0 atom stereocenters. The quantitative estimate of drug-likeness (QED) is 0.537. The zero-order chi connectivity index (χ0) is 10.7. The number of carbonyl (C=O) groups is 2. The van der Waals surface area contributed by atoms with Crippen LogP contribution in [0.25, 0.3) is 0 Å². The molecule has 0 aliphatic carbocycles. The van der Waals surface area contributed by atoms with E-state index < -0.39 is 0 Å². The van der Waals surface area contributed by atoms with E-state index >= 15 is 0 Å². The van der Waals surface area contributed by atoms with Crippen molar-refractivity contribution in [2.45, 2.75) is 0 Å². The molecule has 1 aliphatic rings. The Kier molecular flexibility index (Phi) is 2.63. The number of hydrogen-bond donors (Lipinski definition) is 0. The van der Waals surface area contributed by atoms with E-state index in [0.717, 1.165) is 6.29 Å². The molecule has 3 nitrogen and oxygen atoms in total. The van der Waals surface area contributed by atoms with Crippen LogP contribution in [0.1, 0.15) is 20.7 Å². The molecule has 3 heteroatoms. The van der Waals surface area contributed by atoms with E-state index in [9.17, 15) is 9.59 Å². The van der Waals surface area contributed by atoms with Gasteiger partial charge in [0.25, 0.3) is 5.91 Å². The van der Waals surface area contributed by atoms with E-state index in [1.165, 1.54) is 0 Å². The van der Waals surface area contributed by atoms with Gasteiger partial charge in [0.1, 0.15) is 6.29 Å². The Bertz CT molecular complexity index is 398. The van der Waals surface area contributed by atoms with Crippen molar-refractivity contribution in [3.63, 3.8) is 0 Å². The fourth-order valence-electron chi connectivity index (χ4n) is 1.53. The Hall–Kier alpha value is -1.90. The Morgan fingerprint density at radius 3 is 2.27 bits per heavy atom. The lowest BCUT2D eigenvalue weighted by atomic mass is 10.1. The summed E-state index contributed by atoms with van der Waals surface area (Å²) in [5.74, 6) is 0.0115. The van der Waals surface area contributed by atoms with E-state index in [0.29, 0.717) is 24.2 Å². The number of amides is 1. The third-order valence-corrected chi connectivity index (χ3v) is 2.40. The number of rotatable bonds is 2. The third-order valence-electron chi connectivity index (χ3n) is 2.40. The summed E-state index contributed by atoms with van der Waals surface area (Å²) in [7, 11) is 0. The minimum atomic E-state index is 0.0115. The molecule has 0 unspecified atom stereocenters. The summed E-state index contributed by atoms with van der Waals surface area (Å²) in [5, 5.41) is 0. The largest absolute Gasteiger partial charge is 0.331 e. The molecule has 1 amide bonds. The summed E-state index contributed by atoms with van der Waals surface area (Å²) in [5.41, 5.74) is 1.22. The summed E-state index contributed by atoms with van der Waals surface area (Å²) >= 11 is 0. The molecule has 0 N–H and O–H groups in total. The molecule has 1 aromatic rings. The van der Waals surface area contributed by atoms with Crippen LogP contribution in [0.3, 0.4) is 0 Å². The second kappa shape index (κ2) is 4.09. The first-order valence-corrected chi connectivity index (χ1v) is 4.81. The van der Waals surface area contributed by atoms with E-state index in [2.05, 4.69) is 0 Å². The van der Waals surface area contributed by atoms with Crippen molar-refractivity contribution in [2.75, 3.05) is 13.1 Å². The van der Waals surface area contributed by atoms with Crippen molar-refractivity contribution in [1.82, 2.24) is 4.90 Å². The second-order valence-electron chi connectivity index (χ2n) is 3.42. The van der Waals surface area contributed by atoms with E-state index in [-0.39, 0.29) is 5.91 Å². The first kappa shape index (κ1) is 9.65. The van der Waals surface area contributed by atoms with Gasteiger partial charge in [0.15, 0.2) is 0 Å². The third kappa shape index (κ3) is 1.96. The zero-order valence-electron chi connectivity index (χ0n) is 8.22. The van der Waals surface area contributed by atoms with Gasteiger partial charge in [-0.15, -0.1) is 0 Å². The second-order valence-corrected chi connectivity index (χ2v) is 3.42. The molecular weight excluding hydrogens is 190 g/mol. The van der Waals surface area contributed by atoms with Gasteiger partial charge in [-0.1, -0.05) is 24.3 Å². The Labute approximate surface area is 88.0 Å². The number of hydrogen-bond acceptors (Lipinski definition) is 2. The monoisotopic (exact) mass is 201 g/mol. The maximum absolute atomic E-state index is 11.8. The van der Waals surface area contributed by atoms with E-state index in [4.69, 9.17) is 0 Å². The Morgan fingerprint density at radius 1 is 1.13 bits per heavy atom. The molecule has 1 aliphatic heterocycles. The molecule has 1 heterocycles. The van der Waals surface area contributed by atoms with Crippen LogP contribution in [0.5, 0.6) is 0 Å². The predicted molar refractivity (Wildman–Crippen MR) is 56.9 cm³/mol. The van der Waals surface area contributed by atoms with Crippen molar-refractivity contribution >= 4 is 12.2 Å². The standard InChI is InChI=1S/C12H11NO2/c14-9-10-3-5-11(6-4-10)12(15)13-7-1-2-8-13/h1-6,9H,7-8H2. The van der Waals surface area contributed by atoms with Gasteiger partial charge in [-0.25, -0.2) is 0 Å². The van der Waals surface area contributed by atoms with E-state index in [1.54, 1.807) is 29.2 Å². The van der Waals surface area contributed by atoms with Crippen molar-refractivity contribution in [2.24, 2.45) is 0 Å². The van der Waals surface area contributed by atoms with Crippen molar-refractivity contribution in [1.29, 1.82) is 0 Å². The van der Waals surface area contributed by atoms with Gasteiger partial charge >= 0.3 is 0 Å². The normalized spacial score (nSPS) is 14.3. The van der Waals surface area contributed by atoms with Gasteiger partial charge in [0.05, 0.1) is 0 Å². The van der Waals surface area contributed by atoms with Crippen LogP contribution < -0.4 is 0 Å². The summed E-state index contributed by atoms with van der Waals surface area (Å²) in [4.78, 5) is 24.0. The van der Waals surface area contributed by atoms with Crippen LogP contribution in [0.4, 0.5) is 0 Å². The van der Waals surface area contributed by atoms with Gasteiger partial charge in [0.2, 0.25) is 0 Å². The summed E-state index contributed by atoms with van der Waals surface area (Å²) in [6, 6.07) is 6.68. The minimum absolute atomic E-state index is 0.0115. The zero-order valence-corrected chi connectivity index (χ0v) is 8.22. The van der Waals surface area contributed by atoms with Gasteiger partial charge < -0.3 is 4.90 Å². The lowest BCUT2D eigenvalue weighted by molar-refractivity contribution is 0.0799. The molecule has 0 radical (unpaired) electrons. The first-order chi connectivity index (χ1) is 7.31. The summed E-state index contributed by atoms with van der Waals surface area (Å²) < 4.78 is 0. The van der Waals surface area contributed by atoms with Gasteiger partial charge in [-0.05, 0) is 12.1 Å². The molecule has 0 fully saturated rings. The number of carbonyl (C=O) groups excluding carboxylic acids is 2. The molecular formula is C12H11NO2.